The van der Waals surface area contributed by atoms with Crippen molar-refractivity contribution in [2.24, 2.45) is 11.1 Å². The molecule has 1 amide bonds. The second kappa shape index (κ2) is 5.77. The molecule has 0 radical (unpaired) electrons. The standard InChI is InChI=1S/C12H21N5O/c1-12(2,7-13)8-14-10-6-5-9(15-16-10)11(18)17(3)4/h5-6H,7-8,13H2,1-4H3,(H,14,16). The number of amides is 1. The number of hydrogen-bond donors (Lipinski definition) is 2. The summed E-state index contributed by atoms with van der Waals surface area (Å²) < 4.78 is 0. The van der Waals surface area contributed by atoms with Crippen molar-refractivity contribution in [3.8, 4) is 0 Å². The van der Waals surface area contributed by atoms with Gasteiger partial charge in [0, 0.05) is 20.6 Å². The third-order valence-electron chi connectivity index (χ3n) is 2.59. The van der Waals surface area contributed by atoms with Crippen LogP contribution in [0.5, 0.6) is 0 Å². The van der Waals surface area contributed by atoms with Crippen LogP contribution < -0.4 is 11.1 Å². The molecule has 0 saturated carbocycles. The van der Waals surface area contributed by atoms with Gasteiger partial charge in [0.1, 0.15) is 5.82 Å². The summed E-state index contributed by atoms with van der Waals surface area (Å²) in [6, 6.07) is 3.41. The predicted molar refractivity (Wildman–Crippen MR) is 71.4 cm³/mol. The third kappa shape index (κ3) is 3.96. The lowest BCUT2D eigenvalue weighted by atomic mass is 9.94. The fourth-order valence-corrected chi connectivity index (χ4v) is 1.17. The van der Waals surface area contributed by atoms with Crippen LogP contribution in [0, 0.1) is 5.41 Å². The Morgan fingerprint density at radius 3 is 2.50 bits per heavy atom. The zero-order chi connectivity index (χ0) is 13.8. The Kier molecular flexibility index (Phi) is 4.61. The van der Waals surface area contributed by atoms with E-state index >= 15 is 0 Å². The maximum atomic E-state index is 11.6. The first kappa shape index (κ1) is 14.4. The summed E-state index contributed by atoms with van der Waals surface area (Å²) in [6.07, 6.45) is 0. The summed E-state index contributed by atoms with van der Waals surface area (Å²) in [5, 5.41) is 11.0. The van der Waals surface area contributed by atoms with Crippen LogP contribution in [0.15, 0.2) is 12.1 Å². The number of nitrogens with two attached hydrogens (primary N) is 1. The number of hydrogen-bond acceptors (Lipinski definition) is 5. The van der Waals surface area contributed by atoms with Crippen LogP contribution in [0.3, 0.4) is 0 Å². The molecule has 0 bridgehead atoms. The van der Waals surface area contributed by atoms with Crippen LogP contribution in [-0.2, 0) is 0 Å². The van der Waals surface area contributed by atoms with E-state index in [0.717, 1.165) is 0 Å². The van der Waals surface area contributed by atoms with Gasteiger partial charge < -0.3 is 16.0 Å². The molecule has 0 aromatic carbocycles. The van der Waals surface area contributed by atoms with Gasteiger partial charge in [-0.15, -0.1) is 10.2 Å². The van der Waals surface area contributed by atoms with E-state index in [1.165, 1.54) is 4.90 Å². The van der Waals surface area contributed by atoms with Gasteiger partial charge in [-0.25, -0.2) is 0 Å². The summed E-state index contributed by atoms with van der Waals surface area (Å²) in [6.45, 7) is 5.43. The minimum atomic E-state index is -0.156. The summed E-state index contributed by atoms with van der Waals surface area (Å²) in [5.41, 5.74) is 5.98. The summed E-state index contributed by atoms with van der Waals surface area (Å²) in [5.74, 6) is 0.489. The Labute approximate surface area is 108 Å². The summed E-state index contributed by atoms with van der Waals surface area (Å²) in [4.78, 5) is 13.1. The monoisotopic (exact) mass is 251 g/mol. The van der Waals surface area contributed by atoms with Crippen LogP contribution in [0.2, 0.25) is 0 Å². The van der Waals surface area contributed by atoms with Crippen molar-refractivity contribution in [1.29, 1.82) is 0 Å². The molecule has 3 N–H and O–H groups in total. The summed E-state index contributed by atoms with van der Waals surface area (Å²) >= 11 is 0. The van der Waals surface area contributed by atoms with Gasteiger partial charge >= 0.3 is 0 Å². The van der Waals surface area contributed by atoms with Crippen LogP contribution in [-0.4, -0.2) is 48.2 Å². The molecule has 18 heavy (non-hydrogen) atoms. The van der Waals surface area contributed by atoms with E-state index in [2.05, 4.69) is 29.4 Å². The molecule has 6 nitrogen and oxygen atoms in total. The lowest BCUT2D eigenvalue weighted by Gasteiger charge is -2.22. The van der Waals surface area contributed by atoms with E-state index in [4.69, 9.17) is 5.73 Å². The fraction of sp³-hybridized carbons (Fsp3) is 0.583. The molecule has 0 aliphatic rings. The Bertz CT molecular complexity index is 399. The number of aromatic nitrogens is 2. The largest absolute Gasteiger partial charge is 0.368 e. The quantitative estimate of drug-likeness (QED) is 0.799. The Balaban J connectivity index is 2.64. The molecule has 0 aliphatic heterocycles. The Morgan fingerprint density at radius 2 is 2.06 bits per heavy atom. The molecule has 0 unspecified atom stereocenters. The number of anilines is 1. The highest BCUT2D eigenvalue weighted by molar-refractivity contribution is 5.91. The van der Waals surface area contributed by atoms with Gasteiger partial charge in [0.05, 0.1) is 0 Å². The number of nitrogens with one attached hydrogen (secondary N) is 1. The van der Waals surface area contributed by atoms with Crippen LogP contribution in [0.25, 0.3) is 0 Å². The van der Waals surface area contributed by atoms with Crippen LogP contribution >= 0.6 is 0 Å². The van der Waals surface area contributed by atoms with E-state index in [9.17, 15) is 4.79 Å². The first-order valence-electron chi connectivity index (χ1n) is 5.85. The van der Waals surface area contributed by atoms with Gasteiger partial charge in [0.2, 0.25) is 0 Å². The predicted octanol–water partition coefficient (Wildman–Crippen LogP) is 0.575. The summed E-state index contributed by atoms with van der Waals surface area (Å²) in [7, 11) is 3.36. The Hall–Kier alpha value is -1.69. The topological polar surface area (TPSA) is 84.1 Å². The molecule has 1 heterocycles. The first-order valence-corrected chi connectivity index (χ1v) is 5.85. The van der Waals surface area contributed by atoms with E-state index in [0.29, 0.717) is 24.6 Å². The molecular weight excluding hydrogens is 230 g/mol. The zero-order valence-electron chi connectivity index (χ0n) is 11.4. The minimum absolute atomic E-state index is 0.000191. The van der Waals surface area contributed by atoms with E-state index in [1.54, 1.807) is 26.2 Å². The number of carbonyl (C=O) groups is 1. The maximum absolute atomic E-state index is 11.6. The van der Waals surface area contributed by atoms with E-state index in [-0.39, 0.29) is 11.3 Å². The zero-order valence-corrected chi connectivity index (χ0v) is 11.4. The molecule has 100 valence electrons. The molecule has 6 heteroatoms. The van der Waals surface area contributed by atoms with E-state index in [1.807, 2.05) is 0 Å². The molecule has 0 atom stereocenters. The van der Waals surface area contributed by atoms with Crippen molar-refractivity contribution in [1.82, 2.24) is 15.1 Å². The number of rotatable bonds is 5. The SMILES string of the molecule is CN(C)C(=O)c1ccc(NCC(C)(C)CN)nn1. The van der Waals surface area contributed by atoms with E-state index < -0.39 is 0 Å². The molecule has 0 saturated heterocycles. The second-order valence-electron chi connectivity index (χ2n) is 5.23. The van der Waals surface area contributed by atoms with Crippen molar-refractivity contribution in [3.05, 3.63) is 17.8 Å². The third-order valence-corrected chi connectivity index (χ3v) is 2.59. The maximum Gasteiger partial charge on any atom is 0.273 e. The molecule has 0 aliphatic carbocycles. The van der Waals surface area contributed by atoms with Crippen LogP contribution in [0.1, 0.15) is 24.3 Å². The highest BCUT2D eigenvalue weighted by Crippen LogP contribution is 2.13. The molecular formula is C12H21N5O. The minimum Gasteiger partial charge on any atom is -0.368 e. The lowest BCUT2D eigenvalue weighted by Crippen LogP contribution is -2.31. The van der Waals surface area contributed by atoms with Crippen molar-refractivity contribution in [2.75, 3.05) is 32.5 Å². The smallest absolute Gasteiger partial charge is 0.273 e. The molecule has 1 aromatic rings. The molecule has 1 aromatic heterocycles. The molecule has 0 spiro atoms. The van der Waals surface area contributed by atoms with Crippen molar-refractivity contribution in [3.63, 3.8) is 0 Å². The normalized spacial score (nSPS) is 11.2. The molecule has 1 rings (SSSR count). The van der Waals surface area contributed by atoms with Gasteiger partial charge in [-0.3, -0.25) is 4.79 Å². The number of carbonyl (C=O) groups excluding carboxylic acids is 1. The average Bonchev–Trinajstić information content (AvgIpc) is 2.36. The van der Waals surface area contributed by atoms with Crippen molar-refractivity contribution >= 4 is 11.7 Å². The molecule has 0 fully saturated rings. The van der Waals surface area contributed by atoms with Crippen LogP contribution in [0.4, 0.5) is 5.82 Å². The van der Waals surface area contributed by atoms with Crippen molar-refractivity contribution in [2.45, 2.75) is 13.8 Å². The van der Waals surface area contributed by atoms with Gasteiger partial charge in [-0.1, -0.05) is 13.8 Å². The van der Waals surface area contributed by atoms with Crippen molar-refractivity contribution < 1.29 is 4.79 Å². The lowest BCUT2D eigenvalue weighted by molar-refractivity contribution is 0.0821. The second-order valence-corrected chi connectivity index (χ2v) is 5.23. The van der Waals surface area contributed by atoms with Gasteiger partial charge in [0.15, 0.2) is 5.69 Å². The average molecular weight is 251 g/mol. The highest BCUT2D eigenvalue weighted by Gasteiger charge is 2.15. The van der Waals surface area contributed by atoms with Gasteiger partial charge in [-0.05, 0) is 24.1 Å². The first-order chi connectivity index (χ1) is 8.35. The number of nitrogens with zero attached hydrogens (tertiary/aromatic N) is 3. The highest BCUT2D eigenvalue weighted by atomic mass is 16.2. The fourth-order valence-electron chi connectivity index (χ4n) is 1.17. The Morgan fingerprint density at radius 1 is 1.39 bits per heavy atom. The van der Waals surface area contributed by atoms with Gasteiger partial charge in [-0.2, -0.15) is 0 Å². The van der Waals surface area contributed by atoms with Gasteiger partial charge in [0.25, 0.3) is 5.91 Å².